The van der Waals surface area contributed by atoms with E-state index in [4.69, 9.17) is 0 Å². The molecule has 0 spiro atoms. The van der Waals surface area contributed by atoms with Crippen LogP contribution in [0.1, 0.15) is 32.3 Å². The monoisotopic (exact) mass is 296 g/mol. The minimum absolute atomic E-state index is 0.0397. The predicted octanol–water partition coefficient (Wildman–Crippen LogP) is 3.13. The summed E-state index contributed by atoms with van der Waals surface area (Å²) in [6.45, 7) is 4.09. The van der Waals surface area contributed by atoms with Crippen LogP contribution in [0.15, 0.2) is 24.3 Å². The first kappa shape index (κ1) is 16.5. The van der Waals surface area contributed by atoms with Gasteiger partial charge >= 0.3 is 0 Å². The van der Waals surface area contributed by atoms with Gasteiger partial charge in [-0.05, 0) is 18.9 Å². The van der Waals surface area contributed by atoms with Crippen LogP contribution >= 0.6 is 11.8 Å². The van der Waals surface area contributed by atoms with E-state index in [2.05, 4.69) is 12.2 Å². The van der Waals surface area contributed by atoms with E-state index < -0.39 is 4.92 Å². The summed E-state index contributed by atoms with van der Waals surface area (Å²) in [5, 5.41) is 13.5. The number of benzene rings is 1. The number of hydrogen-bond acceptors (Lipinski definition) is 4. The van der Waals surface area contributed by atoms with Crippen LogP contribution in [0, 0.1) is 10.1 Å². The van der Waals surface area contributed by atoms with Crippen molar-refractivity contribution in [3.8, 4) is 0 Å². The van der Waals surface area contributed by atoms with E-state index in [0.717, 1.165) is 18.4 Å². The van der Waals surface area contributed by atoms with Crippen LogP contribution in [0.4, 0.5) is 5.69 Å². The molecule has 0 radical (unpaired) electrons. The zero-order valence-electron chi connectivity index (χ0n) is 11.8. The smallest absolute Gasteiger partial charge is 0.269 e. The van der Waals surface area contributed by atoms with Crippen molar-refractivity contribution in [1.82, 2.24) is 5.32 Å². The summed E-state index contributed by atoms with van der Waals surface area (Å²) < 4.78 is 0. The van der Waals surface area contributed by atoms with Crippen molar-refractivity contribution in [1.29, 1.82) is 0 Å². The molecule has 1 amide bonds. The quantitative estimate of drug-likeness (QED) is 0.591. The van der Waals surface area contributed by atoms with Gasteiger partial charge in [0.2, 0.25) is 5.91 Å². The van der Waals surface area contributed by atoms with Crippen LogP contribution in [0.25, 0.3) is 0 Å². The van der Waals surface area contributed by atoms with Gasteiger partial charge in [-0.25, -0.2) is 0 Å². The molecule has 1 N–H and O–H groups in total. The molecule has 6 heteroatoms. The van der Waals surface area contributed by atoms with Crippen molar-refractivity contribution >= 4 is 23.4 Å². The number of nitro benzene ring substituents is 1. The summed E-state index contributed by atoms with van der Waals surface area (Å²) in [6, 6.07) is 6.64. The lowest BCUT2D eigenvalue weighted by atomic mass is 10.2. The number of hydrogen-bond donors (Lipinski definition) is 1. The van der Waals surface area contributed by atoms with Crippen LogP contribution in [0.5, 0.6) is 0 Å². The number of carbonyl (C=O) groups excluding carboxylic acids is 1. The molecule has 0 heterocycles. The number of carbonyl (C=O) groups is 1. The summed E-state index contributed by atoms with van der Waals surface area (Å²) in [5.74, 6) is 1.12. The van der Waals surface area contributed by atoms with Crippen molar-refractivity contribution in [2.75, 3.05) is 5.75 Å². The summed E-state index contributed by atoms with van der Waals surface area (Å²) in [5.41, 5.74) is 1.07. The fourth-order valence-corrected chi connectivity index (χ4v) is 2.60. The molecule has 0 saturated carbocycles. The third kappa shape index (κ3) is 6.06. The lowest BCUT2D eigenvalue weighted by molar-refractivity contribution is -0.384. The van der Waals surface area contributed by atoms with Crippen molar-refractivity contribution in [3.63, 3.8) is 0 Å². The van der Waals surface area contributed by atoms with Gasteiger partial charge in [0.05, 0.1) is 10.7 Å². The Bertz CT molecular complexity index is 448. The molecule has 5 nitrogen and oxygen atoms in total. The summed E-state index contributed by atoms with van der Waals surface area (Å²) >= 11 is 1.51. The molecular formula is C14H20N2O3S. The highest BCUT2D eigenvalue weighted by molar-refractivity contribution is 7.99. The number of rotatable bonds is 8. The zero-order chi connectivity index (χ0) is 15.0. The SMILES string of the molecule is CCC[C@H](C)NC(=O)CSCc1ccc([N+](=O)[O-])cc1. The summed E-state index contributed by atoms with van der Waals surface area (Å²) in [7, 11) is 0. The van der Waals surface area contributed by atoms with Gasteiger partial charge in [-0.15, -0.1) is 11.8 Å². The molecule has 0 saturated heterocycles. The molecule has 0 aromatic heterocycles. The highest BCUT2D eigenvalue weighted by atomic mass is 32.2. The Morgan fingerprint density at radius 1 is 1.40 bits per heavy atom. The maximum Gasteiger partial charge on any atom is 0.269 e. The molecule has 0 aliphatic rings. The Morgan fingerprint density at radius 3 is 2.60 bits per heavy atom. The largest absolute Gasteiger partial charge is 0.353 e. The maximum absolute atomic E-state index is 11.6. The molecule has 1 aromatic rings. The van der Waals surface area contributed by atoms with Gasteiger partial charge in [0.25, 0.3) is 5.69 Å². The Morgan fingerprint density at radius 2 is 2.05 bits per heavy atom. The van der Waals surface area contributed by atoms with Crippen molar-refractivity contribution < 1.29 is 9.72 Å². The molecule has 0 bridgehead atoms. The Labute approximate surface area is 123 Å². The molecule has 0 aliphatic carbocycles. The van der Waals surface area contributed by atoms with E-state index in [-0.39, 0.29) is 17.6 Å². The van der Waals surface area contributed by atoms with E-state index in [1.54, 1.807) is 12.1 Å². The fraction of sp³-hybridized carbons (Fsp3) is 0.500. The molecule has 1 atom stereocenters. The number of nitro groups is 1. The summed E-state index contributed by atoms with van der Waals surface area (Å²) in [4.78, 5) is 21.7. The third-order valence-corrected chi connectivity index (χ3v) is 3.78. The Hall–Kier alpha value is -1.56. The lowest BCUT2D eigenvalue weighted by Gasteiger charge is -2.12. The molecule has 1 aromatic carbocycles. The van der Waals surface area contributed by atoms with E-state index >= 15 is 0 Å². The number of amides is 1. The molecule has 0 aliphatic heterocycles. The van der Waals surface area contributed by atoms with Crippen molar-refractivity contribution in [2.45, 2.75) is 38.5 Å². The molecule has 1 rings (SSSR count). The first-order valence-corrected chi connectivity index (χ1v) is 7.78. The van der Waals surface area contributed by atoms with Crippen LogP contribution in [-0.4, -0.2) is 22.6 Å². The van der Waals surface area contributed by atoms with Crippen LogP contribution in [0.2, 0.25) is 0 Å². The van der Waals surface area contributed by atoms with Gasteiger partial charge in [0.15, 0.2) is 0 Å². The topological polar surface area (TPSA) is 72.2 Å². The zero-order valence-corrected chi connectivity index (χ0v) is 12.6. The van der Waals surface area contributed by atoms with Gasteiger partial charge in [0, 0.05) is 23.9 Å². The predicted molar refractivity (Wildman–Crippen MR) is 81.8 cm³/mol. The van der Waals surface area contributed by atoms with Gasteiger partial charge in [0.1, 0.15) is 0 Å². The third-order valence-electron chi connectivity index (χ3n) is 2.78. The molecule has 20 heavy (non-hydrogen) atoms. The van der Waals surface area contributed by atoms with Crippen LogP contribution in [-0.2, 0) is 10.5 Å². The van der Waals surface area contributed by atoms with Crippen LogP contribution < -0.4 is 5.32 Å². The van der Waals surface area contributed by atoms with E-state index in [9.17, 15) is 14.9 Å². The number of nitrogens with zero attached hydrogens (tertiary/aromatic N) is 1. The second kappa shape index (κ2) is 8.58. The van der Waals surface area contributed by atoms with Gasteiger partial charge in [-0.2, -0.15) is 0 Å². The van der Waals surface area contributed by atoms with Gasteiger partial charge < -0.3 is 5.32 Å². The van der Waals surface area contributed by atoms with E-state index in [0.29, 0.717) is 11.5 Å². The average molecular weight is 296 g/mol. The van der Waals surface area contributed by atoms with Crippen LogP contribution in [0.3, 0.4) is 0 Å². The minimum atomic E-state index is -0.417. The first-order valence-electron chi connectivity index (χ1n) is 6.63. The molecule has 0 unspecified atom stereocenters. The number of thioether (sulfide) groups is 1. The highest BCUT2D eigenvalue weighted by Crippen LogP contribution is 2.16. The van der Waals surface area contributed by atoms with Gasteiger partial charge in [-0.1, -0.05) is 25.5 Å². The highest BCUT2D eigenvalue weighted by Gasteiger charge is 2.07. The Kier molecular flexibility index (Phi) is 7.08. The maximum atomic E-state index is 11.6. The standard InChI is InChI=1S/C14H20N2O3S/c1-3-4-11(2)15-14(17)10-20-9-12-5-7-13(8-6-12)16(18)19/h5-8,11H,3-4,9-10H2,1-2H3,(H,15,17)/t11-/m0/s1. The van der Waals surface area contributed by atoms with E-state index in [1.165, 1.54) is 23.9 Å². The Balaban J connectivity index is 2.30. The normalized spacial score (nSPS) is 11.9. The first-order chi connectivity index (χ1) is 9.52. The fourth-order valence-electron chi connectivity index (χ4n) is 1.80. The second-order valence-corrected chi connectivity index (χ2v) is 5.66. The molecule has 0 fully saturated rings. The molecular weight excluding hydrogens is 276 g/mol. The van der Waals surface area contributed by atoms with Gasteiger partial charge in [-0.3, -0.25) is 14.9 Å². The second-order valence-electron chi connectivity index (χ2n) is 4.67. The van der Waals surface area contributed by atoms with Crippen molar-refractivity contribution in [2.24, 2.45) is 0 Å². The number of non-ortho nitro benzene ring substituents is 1. The van der Waals surface area contributed by atoms with E-state index in [1.807, 2.05) is 6.92 Å². The summed E-state index contributed by atoms with van der Waals surface area (Å²) in [6.07, 6.45) is 2.04. The average Bonchev–Trinajstić information content (AvgIpc) is 2.39. The lowest BCUT2D eigenvalue weighted by Crippen LogP contribution is -2.33. The van der Waals surface area contributed by atoms with Crippen molar-refractivity contribution in [3.05, 3.63) is 39.9 Å². The number of nitrogens with one attached hydrogen (secondary N) is 1. The minimum Gasteiger partial charge on any atom is -0.353 e. The molecule has 110 valence electrons.